The van der Waals surface area contributed by atoms with Crippen molar-refractivity contribution in [2.45, 2.75) is 6.42 Å². The van der Waals surface area contributed by atoms with Gasteiger partial charge in [0.25, 0.3) is 0 Å². The molecular weight excluding hydrogens is 142 g/mol. The number of methoxy groups -OCH3 is 1. The van der Waals surface area contributed by atoms with Crippen molar-refractivity contribution >= 4 is 5.95 Å². The molecule has 2 N–H and O–H groups in total. The minimum atomic E-state index is 0.552. The summed E-state index contributed by atoms with van der Waals surface area (Å²) in [7, 11) is 3.58. The highest BCUT2D eigenvalue weighted by molar-refractivity contribution is 5.21. The van der Waals surface area contributed by atoms with Gasteiger partial charge >= 0.3 is 0 Å². The first-order valence-electron chi connectivity index (χ1n) is 3.50. The van der Waals surface area contributed by atoms with Gasteiger partial charge in [0.15, 0.2) is 5.95 Å². The summed E-state index contributed by atoms with van der Waals surface area (Å²) < 4.78 is 6.79. The van der Waals surface area contributed by atoms with E-state index >= 15 is 0 Å². The predicted octanol–water partition coefficient (Wildman–Crippen LogP) is 0.191. The van der Waals surface area contributed by atoms with Gasteiger partial charge in [-0.2, -0.15) is 0 Å². The van der Waals surface area contributed by atoms with E-state index in [2.05, 4.69) is 4.98 Å². The topological polar surface area (TPSA) is 53.1 Å². The first-order chi connectivity index (χ1) is 5.25. The number of rotatable bonds is 3. The lowest BCUT2D eigenvalue weighted by molar-refractivity contribution is 0.201. The standard InChI is InChI=1S/C7H13N3O/c1-10-6(3-4-11-2)5-9-7(10)8/h5H,3-4H2,1-2H3,(H2,8,9). The molecule has 0 atom stereocenters. The van der Waals surface area contributed by atoms with Crippen LogP contribution < -0.4 is 5.73 Å². The van der Waals surface area contributed by atoms with Crippen LogP contribution >= 0.6 is 0 Å². The third-order valence-electron chi connectivity index (χ3n) is 1.68. The molecule has 11 heavy (non-hydrogen) atoms. The highest BCUT2D eigenvalue weighted by atomic mass is 16.5. The van der Waals surface area contributed by atoms with Gasteiger partial charge in [-0.3, -0.25) is 0 Å². The molecule has 0 saturated carbocycles. The van der Waals surface area contributed by atoms with Crippen molar-refractivity contribution in [3.8, 4) is 0 Å². The second-order valence-corrected chi connectivity index (χ2v) is 2.41. The normalized spacial score (nSPS) is 10.4. The zero-order valence-corrected chi connectivity index (χ0v) is 6.87. The van der Waals surface area contributed by atoms with E-state index in [1.54, 1.807) is 13.3 Å². The van der Waals surface area contributed by atoms with Gasteiger partial charge in [0.1, 0.15) is 0 Å². The smallest absolute Gasteiger partial charge is 0.200 e. The molecule has 0 amide bonds. The number of ether oxygens (including phenoxy) is 1. The van der Waals surface area contributed by atoms with Gasteiger partial charge in [-0.25, -0.2) is 4.98 Å². The molecule has 62 valence electrons. The first kappa shape index (κ1) is 8.07. The molecule has 0 aliphatic rings. The van der Waals surface area contributed by atoms with Crippen molar-refractivity contribution < 1.29 is 4.74 Å². The Morgan fingerprint density at radius 1 is 1.73 bits per heavy atom. The van der Waals surface area contributed by atoms with Crippen molar-refractivity contribution in [2.24, 2.45) is 7.05 Å². The molecule has 0 aliphatic heterocycles. The first-order valence-corrected chi connectivity index (χ1v) is 3.50. The fraction of sp³-hybridized carbons (Fsp3) is 0.571. The molecule has 1 aromatic heterocycles. The van der Waals surface area contributed by atoms with Gasteiger partial charge in [-0.05, 0) is 0 Å². The average Bonchev–Trinajstić information content (AvgIpc) is 2.31. The summed E-state index contributed by atoms with van der Waals surface area (Å²) in [6, 6.07) is 0. The Bertz CT molecular complexity index is 232. The van der Waals surface area contributed by atoms with Gasteiger partial charge in [0, 0.05) is 26.3 Å². The summed E-state index contributed by atoms with van der Waals surface area (Å²) in [5.74, 6) is 0.552. The van der Waals surface area contributed by atoms with Crippen molar-refractivity contribution in [2.75, 3.05) is 19.5 Å². The molecule has 0 unspecified atom stereocenters. The van der Waals surface area contributed by atoms with Gasteiger partial charge in [-0.15, -0.1) is 0 Å². The highest BCUT2D eigenvalue weighted by Crippen LogP contribution is 2.04. The van der Waals surface area contributed by atoms with E-state index in [-0.39, 0.29) is 0 Å². The van der Waals surface area contributed by atoms with Crippen LogP contribution in [0.5, 0.6) is 0 Å². The maximum Gasteiger partial charge on any atom is 0.200 e. The number of nitrogens with two attached hydrogens (primary N) is 1. The predicted molar refractivity (Wildman–Crippen MR) is 43.2 cm³/mol. The van der Waals surface area contributed by atoms with E-state index in [1.807, 2.05) is 11.6 Å². The van der Waals surface area contributed by atoms with Crippen molar-refractivity contribution in [3.63, 3.8) is 0 Å². The van der Waals surface area contributed by atoms with Crippen molar-refractivity contribution in [3.05, 3.63) is 11.9 Å². The van der Waals surface area contributed by atoms with Gasteiger partial charge in [0.2, 0.25) is 0 Å². The summed E-state index contributed by atoms with van der Waals surface area (Å²) in [6.07, 6.45) is 2.63. The summed E-state index contributed by atoms with van der Waals surface area (Å²) in [4.78, 5) is 3.95. The van der Waals surface area contributed by atoms with E-state index < -0.39 is 0 Å². The molecular formula is C7H13N3O. The lowest BCUT2D eigenvalue weighted by Crippen LogP contribution is -2.03. The molecule has 1 heterocycles. The number of anilines is 1. The van der Waals surface area contributed by atoms with Gasteiger partial charge in [0.05, 0.1) is 12.8 Å². The molecule has 0 aromatic carbocycles. The van der Waals surface area contributed by atoms with E-state index in [9.17, 15) is 0 Å². The fourth-order valence-electron chi connectivity index (χ4n) is 0.900. The molecule has 1 rings (SSSR count). The minimum Gasteiger partial charge on any atom is -0.384 e. The van der Waals surface area contributed by atoms with E-state index in [0.29, 0.717) is 12.6 Å². The number of nitrogen functional groups attached to an aromatic ring is 1. The Morgan fingerprint density at radius 2 is 2.45 bits per heavy atom. The van der Waals surface area contributed by atoms with Crippen LogP contribution in [0.25, 0.3) is 0 Å². The largest absolute Gasteiger partial charge is 0.384 e. The van der Waals surface area contributed by atoms with Crippen LogP contribution in [0.1, 0.15) is 5.69 Å². The summed E-state index contributed by atoms with van der Waals surface area (Å²) in [6.45, 7) is 0.707. The van der Waals surface area contributed by atoms with Gasteiger partial charge in [-0.1, -0.05) is 0 Å². The van der Waals surface area contributed by atoms with E-state index in [4.69, 9.17) is 10.5 Å². The summed E-state index contributed by atoms with van der Waals surface area (Å²) >= 11 is 0. The van der Waals surface area contributed by atoms with E-state index in [1.165, 1.54) is 0 Å². The second-order valence-electron chi connectivity index (χ2n) is 2.41. The van der Waals surface area contributed by atoms with Crippen LogP contribution in [-0.4, -0.2) is 23.3 Å². The van der Waals surface area contributed by atoms with Crippen LogP contribution in [0.4, 0.5) is 5.95 Å². The second kappa shape index (κ2) is 3.39. The molecule has 4 heteroatoms. The third kappa shape index (κ3) is 1.71. The van der Waals surface area contributed by atoms with Crippen LogP contribution in [0.15, 0.2) is 6.20 Å². The Labute approximate surface area is 66.0 Å². The van der Waals surface area contributed by atoms with Crippen molar-refractivity contribution in [1.82, 2.24) is 9.55 Å². The highest BCUT2D eigenvalue weighted by Gasteiger charge is 2.01. The summed E-state index contributed by atoms with van der Waals surface area (Å²) in [5.41, 5.74) is 6.62. The fourth-order valence-corrected chi connectivity index (χ4v) is 0.900. The quantitative estimate of drug-likeness (QED) is 0.678. The van der Waals surface area contributed by atoms with Crippen LogP contribution in [0, 0.1) is 0 Å². The Kier molecular flexibility index (Phi) is 2.48. The number of nitrogens with zero attached hydrogens (tertiary/aromatic N) is 2. The van der Waals surface area contributed by atoms with Gasteiger partial charge < -0.3 is 15.0 Å². The molecule has 0 aliphatic carbocycles. The molecule has 0 radical (unpaired) electrons. The zero-order valence-electron chi connectivity index (χ0n) is 6.87. The summed E-state index contributed by atoms with van der Waals surface area (Å²) in [5, 5.41) is 0. The zero-order chi connectivity index (χ0) is 8.27. The minimum absolute atomic E-state index is 0.552. The van der Waals surface area contributed by atoms with Crippen LogP contribution in [0.2, 0.25) is 0 Å². The monoisotopic (exact) mass is 155 g/mol. The number of aromatic nitrogens is 2. The third-order valence-corrected chi connectivity index (χ3v) is 1.68. The number of imidazole rings is 1. The maximum atomic E-state index is 5.52. The number of hydrogen-bond donors (Lipinski definition) is 1. The lowest BCUT2D eigenvalue weighted by Gasteiger charge is -2.01. The van der Waals surface area contributed by atoms with Crippen molar-refractivity contribution in [1.29, 1.82) is 0 Å². The molecule has 0 fully saturated rings. The Balaban J connectivity index is 2.63. The number of hydrogen-bond acceptors (Lipinski definition) is 3. The molecule has 0 bridgehead atoms. The molecule has 0 spiro atoms. The Hall–Kier alpha value is -1.03. The van der Waals surface area contributed by atoms with E-state index in [0.717, 1.165) is 12.1 Å². The van der Waals surface area contributed by atoms with Crippen LogP contribution in [0.3, 0.4) is 0 Å². The lowest BCUT2D eigenvalue weighted by atomic mass is 10.3. The van der Waals surface area contributed by atoms with Crippen LogP contribution in [-0.2, 0) is 18.2 Å². The molecule has 4 nitrogen and oxygen atoms in total. The molecule has 0 saturated heterocycles. The molecule has 1 aromatic rings. The maximum absolute atomic E-state index is 5.52. The Morgan fingerprint density at radius 3 is 2.91 bits per heavy atom. The average molecular weight is 155 g/mol. The SMILES string of the molecule is COCCc1cnc(N)n1C.